The normalized spacial score (nSPS) is 11.0. The van der Waals surface area contributed by atoms with Gasteiger partial charge in [0.2, 0.25) is 5.88 Å². The van der Waals surface area contributed by atoms with Gasteiger partial charge in [0.1, 0.15) is 11.3 Å². The smallest absolute Gasteiger partial charge is 0.417 e. The van der Waals surface area contributed by atoms with Crippen LogP contribution >= 0.6 is 0 Å². The molecule has 1 amide bonds. The monoisotopic (exact) mass is 420 g/mol. The molecule has 11 heteroatoms. The molecule has 1 aromatic carbocycles. The number of ether oxygens (including phenoxy) is 3. The number of hydrogen-bond acceptors (Lipinski definition) is 7. The summed E-state index contributed by atoms with van der Waals surface area (Å²) in [6.45, 7) is 0. The third-order valence-corrected chi connectivity index (χ3v) is 3.84. The molecule has 0 fully saturated rings. The highest BCUT2D eigenvalue weighted by Gasteiger charge is 2.33. The van der Waals surface area contributed by atoms with Crippen LogP contribution in [0.15, 0.2) is 48.9 Å². The molecule has 0 aliphatic rings. The Morgan fingerprint density at radius 1 is 1.00 bits per heavy atom. The second-order valence-corrected chi connectivity index (χ2v) is 5.78. The Bertz CT molecular complexity index is 1050. The van der Waals surface area contributed by atoms with Crippen molar-refractivity contribution in [1.29, 1.82) is 0 Å². The topological polar surface area (TPSA) is 95.5 Å². The molecule has 0 saturated carbocycles. The number of methoxy groups -OCH3 is 2. The summed E-state index contributed by atoms with van der Waals surface area (Å²) in [5.74, 6) is -0.372. The molecular formula is C19H15F3N4O4. The molecule has 8 nitrogen and oxygen atoms in total. The van der Waals surface area contributed by atoms with Gasteiger partial charge in [0, 0.05) is 12.3 Å². The van der Waals surface area contributed by atoms with Crippen LogP contribution in [-0.4, -0.2) is 35.3 Å². The average Bonchev–Trinajstić information content (AvgIpc) is 2.74. The molecule has 0 bridgehead atoms. The van der Waals surface area contributed by atoms with E-state index in [1.54, 1.807) is 6.07 Å². The molecule has 0 aliphatic carbocycles. The van der Waals surface area contributed by atoms with Crippen LogP contribution in [0.25, 0.3) is 0 Å². The Labute approximate surface area is 168 Å². The number of alkyl halides is 3. The maximum atomic E-state index is 13.2. The summed E-state index contributed by atoms with van der Waals surface area (Å²) >= 11 is 0. The summed E-state index contributed by atoms with van der Waals surface area (Å²) in [4.78, 5) is 16.4. The number of benzene rings is 1. The number of pyridine rings is 1. The van der Waals surface area contributed by atoms with Crippen LogP contribution in [0.4, 0.5) is 18.9 Å². The first-order chi connectivity index (χ1) is 14.3. The number of nitrogens with zero attached hydrogens (tertiary/aromatic N) is 3. The van der Waals surface area contributed by atoms with Gasteiger partial charge in [-0.2, -0.15) is 23.4 Å². The highest BCUT2D eigenvalue weighted by molar-refractivity contribution is 6.05. The van der Waals surface area contributed by atoms with Gasteiger partial charge in [-0.1, -0.05) is 0 Å². The van der Waals surface area contributed by atoms with Crippen LogP contribution in [-0.2, 0) is 6.18 Å². The fourth-order valence-electron chi connectivity index (χ4n) is 2.38. The molecule has 0 saturated heterocycles. The van der Waals surface area contributed by atoms with E-state index < -0.39 is 23.2 Å². The lowest BCUT2D eigenvalue weighted by Gasteiger charge is -2.15. The first-order valence-corrected chi connectivity index (χ1v) is 8.37. The summed E-state index contributed by atoms with van der Waals surface area (Å²) < 4.78 is 55.4. The second-order valence-electron chi connectivity index (χ2n) is 5.78. The van der Waals surface area contributed by atoms with Crippen molar-refractivity contribution in [3.63, 3.8) is 0 Å². The van der Waals surface area contributed by atoms with Gasteiger partial charge in [0.15, 0.2) is 11.5 Å². The molecule has 2 aromatic heterocycles. The standard InChI is InChI=1S/C19H15F3N4O4/c1-28-13-3-4-15(16(8-13)29-2)30-18-14(7-11(9-23-18)19(20,21)22)17(27)26-12-5-6-24-25-10-12/h3-10H,1-2H3,(H,24,26,27). The summed E-state index contributed by atoms with van der Waals surface area (Å²) in [6.07, 6.45) is -1.56. The predicted molar refractivity (Wildman–Crippen MR) is 98.8 cm³/mol. The number of halogens is 3. The number of aromatic nitrogens is 3. The zero-order valence-electron chi connectivity index (χ0n) is 15.7. The van der Waals surface area contributed by atoms with Crippen molar-refractivity contribution in [3.05, 3.63) is 60.0 Å². The molecule has 0 unspecified atom stereocenters. The summed E-state index contributed by atoms with van der Waals surface area (Å²) in [5.41, 5.74) is -1.30. The quantitative estimate of drug-likeness (QED) is 0.645. The van der Waals surface area contributed by atoms with E-state index in [1.165, 1.54) is 44.8 Å². The van der Waals surface area contributed by atoms with Gasteiger partial charge < -0.3 is 19.5 Å². The van der Waals surface area contributed by atoms with Crippen molar-refractivity contribution < 1.29 is 32.2 Å². The van der Waals surface area contributed by atoms with E-state index >= 15 is 0 Å². The third kappa shape index (κ3) is 4.74. The van der Waals surface area contributed by atoms with Crippen LogP contribution in [0.5, 0.6) is 23.1 Å². The number of hydrogen-bond donors (Lipinski definition) is 1. The van der Waals surface area contributed by atoms with Gasteiger partial charge in [-0.15, -0.1) is 0 Å². The molecule has 1 N–H and O–H groups in total. The molecule has 0 radical (unpaired) electrons. The van der Waals surface area contributed by atoms with E-state index in [0.29, 0.717) is 18.0 Å². The largest absolute Gasteiger partial charge is 0.497 e. The minimum Gasteiger partial charge on any atom is -0.497 e. The van der Waals surface area contributed by atoms with Crippen LogP contribution in [0, 0.1) is 0 Å². The molecule has 0 atom stereocenters. The van der Waals surface area contributed by atoms with Crippen molar-refractivity contribution in [2.24, 2.45) is 0 Å². The minimum absolute atomic E-state index is 0.130. The average molecular weight is 420 g/mol. The Morgan fingerprint density at radius 3 is 2.43 bits per heavy atom. The fourth-order valence-corrected chi connectivity index (χ4v) is 2.38. The number of anilines is 1. The van der Waals surface area contributed by atoms with Crippen LogP contribution in [0.3, 0.4) is 0 Å². The number of nitrogens with one attached hydrogen (secondary N) is 1. The van der Waals surface area contributed by atoms with E-state index in [0.717, 1.165) is 0 Å². The minimum atomic E-state index is -4.70. The van der Waals surface area contributed by atoms with Crippen LogP contribution < -0.4 is 19.5 Å². The first-order valence-electron chi connectivity index (χ1n) is 8.37. The van der Waals surface area contributed by atoms with Crippen molar-refractivity contribution in [2.45, 2.75) is 6.18 Å². The predicted octanol–water partition coefficient (Wildman–Crippen LogP) is 3.95. The van der Waals surface area contributed by atoms with E-state index in [1.807, 2.05) is 0 Å². The zero-order valence-corrected chi connectivity index (χ0v) is 15.7. The van der Waals surface area contributed by atoms with Crippen LogP contribution in [0.2, 0.25) is 0 Å². The van der Waals surface area contributed by atoms with Gasteiger partial charge >= 0.3 is 6.18 Å². The lowest BCUT2D eigenvalue weighted by atomic mass is 10.1. The molecule has 30 heavy (non-hydrogen) atoms. The lowest BCUT2D eigenvalue weighted by Crippen LogP contribution is -2.16. The fraction of sp³-hybridized carbons (Fsp3) is 0.158. The van der Waals surface area contributed by atoms with Crippen molar-refractivity contribution in [2.75, 3.05) is 19.5 Å². The Balaban J connectivity index is 2.00. The Morgan fingerprint density at radius 2 is 1.80 bits per heavy atom. The van der Waals surface area contributed by atoms with Gasteiger partial charge in [-0.3, -0.25) is 4.79 Å². The summed E-state index contributed by atoms with van der Waals surface area (Å²) in [7, 11) is 2.84. The highest BCUT2D eigenvalue weighted by Crippen LogP contribution is 2.37. The van der Waals surface area contributed by atoms with Gasteiger partial charge in [-0.05, 0) is 24.3 Å². The Hall–Kier alpha value is -3.89. The first kappa shape index (κ1) is 20.8. The molecular weight excluding hydrogens is 405 g/mol. The summed E-state index contributed by atoms with van der Waals surface area (Å²) in [6, 6.07) is 6.64. The van der Waals surface area contributed by atoms with Gasteiger partial charge in [0.25, 0.3) is 5.91 Å². The summed E-state index contributed by atoms with van der Waals surface area (Å²) in [5, 5.41) is 9.59. The van der Waals surface area contributed by atoms with Crippen molar-refractivity contribution >= 4 is 11.6 Å². The zero-order chi connectivity index (χ0) is 21.7. The molecule has 0 spiro atoms. The van der Waals surface area contributed by atoms with Gasteiger partial charge in [-0.25, -0.2) is 4.98 Å². The van der Waals surface area contributed by atoms with Gasteiger partial charge in [0.05, 0.1) is 37.9 Å². The molecule has 0 aliphatic heterocycles. The van der Waals surface area contributed by atoms with Crippen molar-refractivity contribution in [1.82, 2.24) is 15.2 Å². The second kappa shape index (κ2) is 8.64. The molecule has 2 heterocycles. The van der Waals surface area contributed by atoms with Crippen LogP contribution in [0.1, 0.15) is 15.9 Å². The number of carbonyl (C=O) groups is 1. The number of carbonyl (C=O) groups excluding carboxylic acids is 1. The highest BCUT2D eigenvalue weighted by atomic mass is 19.4. The molecule has 3 aromatic rings. The third-order valence-electron chi connectivity index (χ3n) is 3.84. The molecule has 3 rings (SSSR count). The van der Waals surface area contributed by atoms with E-state index in [-0.39, 0.29) is 23.1 Å². The number of rotatable bonds is 6. The maximum absolute atomic E-state index is 13.2. The van der Waals surface area contributed by atoms with E-state index in [9.17, 15) is 18.0 Å². The van der Waals surface area contributed by atoms with Crippen molar-refractivity contribution in [3.8, 4) is 23.1 Å². The number of amides is 1. The molecule has 156 valence electrons. The SMILES string of the molecule is COc1ccc(Oc2ncc(C(F)(F)F)cc2C(=O)Nc2ccnnc2)c(OC)c1. The van der Waals surface area contributed by atoms with E-state index in [2.05, 4.69) is 20.5 Å². The Kier molecular flexibility index (Phi) is 6.00. The lowest BCUT2D eigenvalue weighted by molar-refractivity contribution is -0.137. The van der Waals surface area contributed by atoms with E-state index in [4.69, 9.17) is 14.2 Å². The maximum Gasteiger partial charge on any atom is 0.417 e.